The molecule has 0 saturated heterocycles. The molecule has 1 N–H and O–H groups in total. The van der Waals surface area contributed by atoms with E-state index in [1.807, 2.05) is 43.3 Å². The third-order valence-corrected chi connectivity index (χ3v) is 6.89. The number of nitrogens with one attached hydrogen (secondary N) is 1. The number of carbonyl (C=O) groups excluding carboxylic acids is 1. The maximum Gasteiger partial charge on any atom is 0.435 e. The number of anilines is 1. The first kappa shape index (κ1) is 25.5. The Bertz CT molecular complexity index is 940. The second-order valence-corrected chi connectivity index (χ2v) is 10.0. The van der Waals surface area contributed by atoms with Gasteiger partial charge in [0.2, 0.25) is 0 Å². The predicted molar refractivity (Wildman–Crippen MR) is 127 cm³/mol. The standard InChI is InChI=1S/C24H33F3N4OS/c1-5-12-31(15-17-9-10-17)13-11-20-29-22(24(25,26)27)21(33-20)23(32)28-16(2)18-7-6-8-19(14-18)30(3)4/h6-8,14,16-17H,5,9-13,15H2,1-4H3,(H,28,32). The molecule has 1 amide bonds. The van der Waals surface area contributed by atoms with Gasteiger partial charge in [-0.1, -0.05) is 19.1 Å². The molecule has 1 aliphatic rings. The van der Waals surface area contributed by atoms with Crippen molar-refractivity contribution in [1.29, 1.82) is 0 Å². The normalized spacial score (nSPS) is 15.0. The van der Waals surface area contributed by atoms with E-state index in [9.17, 15) is 18.0 Å². The average molecular weight is 483 g/mol. The van der Waals surface area contributed by atoms with Gasteiger partial charge in [-0.15, -0.1) is 11.3 Å². The van der Waals surface area contributed by atoms with Crippen LogP contribution in [-0.4, -0.2) is 49.5 Å². The zero-order chi connectivity index (χ0) is 24.2. The van der Waals surface area contributed by atoms with Crippen LogP contribution in [0.4, 0.5) is 18.9 Å². The Morgan fingerprint density at radius 3 is 2.61 bits per heavy atom. The largest absolute Gasteiger partial charge is 0.435 e. The summed E-state index contributed by atoms with van der Waals surface area (Å²) in [5.41, 5.74) is 0.689. The van der Waals surface area contributed by atoms with Crippen molar-refractivity contribution in [2.45, 2.75) is 51.7 Å². The molecule has 1 heterocycles. The predicted octanol–water partition coefficient (Wildman–Crippen LogP) is 5.38. The Morgan fingerprint density at radius 2 is 2.00 bits per heavy atom. The minimum atomic E-state index is -4.67. The molecular formula is C24H33F3N4OS. The van der Waals surface area contributed by atoms with Crippen molar-refractivity contribution in [2.75, 3.05) is 38.6 Å². The molecule has 1 aromatic heterocycles. The summed E-state index contributed by atoms with van der Waals surface area (Å²) in [6.07, 6.45) is -0.801. The highest BCUT2D eigenvalue weighted by Gasteiger charge is 2.39. The van der Waals surface area contributed by atoms with Gasteiger partial charge in [0.05, 0.1) is 11.0 Å². The molecule has 0 aliphatic heterocycles. The minimum Gasteiger partial charge on any atom is -0.378 e. The van der Waals surface area contributed by atoms with Gasteiger partial charge in [-0.25, -0.2) is 4.98 Å². The van der Waals surface area contributed by atoms with Crippen LogP contribution in [0.3, 0.4) is 0 Å². The summed E-state index contributed by atoms with van der Waals surface area (Å²) in [6.45, 7) is 6.43. The molecular weight excluding hydrogens is 449 g/mol. The van der Waals surface area contributed by atoms with Crippen molar-refractivity contribution in [3.05, 3.63) is 45.4 Å². The second kappa shape index (κ2) is 10.9. The summed E-state index contributed by atoms with van der Waals surface area (Å²) >= 11 is 0.856. The average Bonchev–Trinajstić information content (AvgIpc) is 3.45. The Morgan fingerprint density at radius 1 is 1.27 bits per heavy atom. The molecule has 1 unspecified atom stereocenters. The van der Waals surface area contributed by atoms with E-state index in [4.69, 9.17) is 0 Å². The fraction of sp³-hybridized carbons (Fsp3) is 0.583. The van der Waals surface area contributed by atoms with Crippen molar-refractivity contribution < 1.29 is 18.0 Å². The number of alkyl halides is 3. The van der Waals surface area contributed by atoms with E-state index in [2.05, 4.69) is 22.1 Å². The van der Waals surface area contributed by atoms with E-state index in [0.29, 0.717) is 23.9 Å². The molecule has 5 nitrogen and oxygen atoms in total. The smallest absolute Gasteiger partial charge is 0.378 e. The maximum atomic E-state index is 13.7. The third kappa shape index (κ3) is 7.17. The number of benzene rings is 1. The molecule has 9 heteroatoms. The molecule has 1 atom stereocenters. The molecule has 1 saturated carbocycles. The van der Waals surface area contributed by atoms with E-state index in [1.54, 1.807) is 6.92 Å². The summed E-state index contributed by atoms with van der Waals surface area (Å²) in [6, 6.07) is 7.12. The lowest BCUT2D eigenvalue weighted by Crippen LogP contribution is -2.29. The van der Waals surface area contributed by atoms with Crippen LogP contribution in [0.2, 0.25) is 0 Å². The number of rotatable bonds is 11. The van der Waals surface area contributed by atoms with Crippen LogP contribution < -0.4 is 10.2 Å². The minimum absolute atomic E-state index is 0.353. The molecule has 1 aromatic carbocycles. The van der Waals surface area contributed by atoms with Crippen LogP contribution in [0.15, 0.2) is 24.3 Å². The molecule has 182 valence electrons. The molecule has 3 rings (SSSR count). The van der Waals surface area contributed by atoms with Crippen LogP contribution >= 0.6 is 11.3 Å². The topological polar surface area (TPSA) is 48.5 Å². The van der Waals surface area contributed by atoms with E-state index >= 15 is 0 Å². The third-order valence-electron chi connectivity index (χ3n) is 5.78. The van der Waals surface area contributed by atoms with Gasteiger partial charge in [0.1, 0.15) is 4.88 Å². The van der Waals surface area contributed by atoms with Crippen molar-refractivity contribution in [2.24, 2.45) is 5.92 Å². The van der Waals surface area contributed by atoms with Crippen LogP contribution in [0.25, 0.3) is 0 Å². The van der Waals surface area contributed by atoms with Crippen LogP contribution in [0, 0.1) is 5.92 Å². The highest BCUT2D eigenvalue weighted by molar-refractivity contribution is 7.13. The lowest BCUT2D eigenvalue weighted by Gasteiger charge is -2.20. The first-order valence-corrected chi connectivity index (χ1v) is 12.3. The number of amides is 1. The lowest BCUT2D eigenvalue weighted by atomic mass is 10.1. The lowest BCUT2D eigenvalue weighted by molar-refractivity contribution is -0.141. The van der Waals surface area contributed by atoms with Gasteiger partial charge in [0.15, 0.2) is 5.69 Å². The Hall–Kier alpha value is -2.13. The highest BCUT2D eigenvalue weighted by atomic mass is 32.1. The molecule has 0 radical (unpaired) electrons. The van der Waals surface area contributed by atoms with E-state index in [-0.39, 0.29) is 4.88 Å². The number of nitrogens with zero attached hydrogens (tertiary/aromatic N) is 3. The zero-order valence-electron chi connectivity index (χ0n) is 19.7. The Labute approximate surface area is 198 Å². The van der Waals surface area contributed by atoms with E-state index in [1.165, 1.54) is 12.8 Å². The van der Waals surface area contributed by atoms with Gasteiger partial charge in [0.25, 0.3) is 5.91 Å². The number of hydrogen-bond donors (Lipinski definition) is 1. The number of hydrogen-bond acceptors (Lipinski definition) is 5. The van der Waals surface area contributed by atoms with Crippen molar-refractivity contribution >= 4 is 22.9 Å². The van der Waals surface area contributed by atoms with Crippen molar-refractivity contribution in [3.63, 3.8) is 0 Å². The van der Waals surface area contributed by atoms with Gasteiger partial charge < -0.3 is 15.1 Å². The number of halogens is 3. The molecule has 2 aromatic rings. The maximum absolute atomic E-state index is 13.7. The van der Waals surface area contributed by atoms with Gasteiger partial charge in [-0.2, -0.15) is 13.2 Å². The Balaban J connectivity index is 1.73. The molecule has 0 spiro atoms. The summed E-state index contributed by atoms with van der Waals surface area (Å²) < 4.78 is 41.0. The van der Waals surface area contributed by atoms with E-state index < -0.39 is 23.8 Å². The second-order valence-electron chi connectivity index (χ2n) is 8.96. The van der Waals surface area contributed by atoms with Gasteiger partial charge >= 0.3 is 6.18 Å². The molecule has 33 heavy (non-hydrogen) atoms. The van der Waals surface area contributed by atoms with Crippen LogP contribution in [0.1, 0.15) is 65.1 Å². The summed E-state index contributed by atoms with van der Waals surface area (Å²) in [4.78, 5) is 20.6. The monoisotopic (exact) mass is 482 g/mol. The summed E-state index contributed by atoms with van der Waals surface area (Å²) in [5, 5.41) is 3.08. The van der Waals surface area contributed by atoms with E-state index in [0.717, 1.165) is 42.1 Å². The fourth-order valence-corrected chi connectivity index (χ4v) is 4.74. The van der Waals surface area contributed by atoms with Gasteiger partial charge in [-0.3, -0.25) is 4.79 Å². The summed E-state index contributed by atoms with van der Waals surface area (Å²) in [7, 11) is 3.81. The first-order chi connectivity index (χ1) is 15.6. The Kier molecular flexibility index (Phi) is 8.39. The first-order valence-electron chi connectivity index (χ1n) is 11.5. The quantitative estimate of drug-likeness (QED) is 0.467. The summed E-state index contributed by atoms with van der Waals surface area (Å²) in [5.74, 6) is -0.0235. The number of carbonyl (C=O) groups is 1. The van der Waals surface area contributed by atoms with Crippen molar-refractivity contribution in [3.8, 4) is 0 Å². The SMILES string of the molecule is CCCN(CCc1nc(C(F)(F)F)c(C(=O)NC(C)c2cccc(N(C)C)c2)s1)CC1CC1. The highest BCUT2D eigenvalue weighted by Crippen LogP contribution is 2.35. The molecule has 1 aliphatic carbocycles. The van der Waals surface area contributed by atoms with Crippen LogP contribution in [-0.2, 0) is 12.6 Å². The molecule has 0 bridgehead atoms. The number of aromatic nitrogens is 1. The van der Waals surface area contributed by atoms with Gasteiger partial charge in [-0.05, 0) is 56.3 Å². The van der Waals surface area contributed by atoms with Crippen LogP contribution in [0.5, 0.6) is 0 Å². The molecule has 1 fully saturated rings. The van der Waals surface area contributed by atoms with Crippen molar-refractivity contribution in [1.82, 2.24) is 15.2 Å². The number of thiazole rings is 1. The van der Waals surface area contributed by atoms with Gasteiger partial charge in [0, 0.05) is 39.3 Å². The fourth-order valence-electron chi connectivity index (χ4n) is 3.77. The zero-order valence-corrected chi connectivity index (χ0v) is 20.5.